The van der Waals surface area contributed by atoms with E-state index in [1.165, 1.54) is 20.3 Å². The van der Waals surface area contributed by atoms with Crippen LogP contribution < -0.4 is 25.3 Å². The van der Waals surface area contributed by atoms with Crippen molar-refractivity contribution in [3.8, 4) is 17.2 Å². The van der Waals surface area contributed by atoms with E-state index in [0.717, 1.165) is 24.4 Å². The van der Waals surface area contributed by atoms with Crippen LogP contribution in [0, 0.1) is 10.1 Å². The summed E-state index contributed by atoms with van der Waals surface area (Å²) in [5, 5.41) is 29.0. The van der Waals surface area contributed by atoms with Crippen LogP contribution in [0.15, 0.2) is 77.5 Å². The molecule has 3 rings (SSSR count). The lowest BCUT2D eigenvalue weighted by atomic mass is 10.1. The van der Waals surface area contributed by atoms with E-state index in [1.54, 1.807) is 48.5 Å². The Kier molecular flexibility index (Phi) is 8.33. The molecule has 0 aromatic heterocycles. The molecule has 0 heterocycles. The number of ether oxygens (including phenoxy) is 2. The van der Waals surface area contributed by atoms with Gasteiger partial charge in [0.1, 0.15) is 5.70 Å². The van der Waals surface area contributed by atoms with Crippen LogP contribution >= 0.6 is 0 Å². The Morgan fingerprint density at radius 3 is 2.36 bits per heavy atom. The fourth-order valence-electron chi connectivity index (χ4n) is 3.07. The molecule has 0 aliphatic heterocycles. The summed E-state index contributed by atoms with van der Waals surface area (Å²) < 4.78 is 10.5. The van der Waals surface area contributed by atoms with Gasteiger partial charge in [-0.3, -0.25) is 19.7 Å². The van der Waals surface area contributed by atoms with Gasteiger partial charge in [-0.05, 0) is 35.9 Å². The van der Waals surface area contributed by atoms with Crippen LogP contribution in [0.3, 0.4) is 0 Å². The van der Waals surface area contributed by atoms with Crippen LogP contribution in [-0.2, 0) is 4.79 Å². The molecule has 0 unspecified atom stereocenters. The molecule has 11 heteroatoms. The number of carbonyl (C=O) groups is 2. The number of carbonyl (C=O) groups excluding carboxylic acids is 2. The summed E-state index contributed by atoms with van der Waals surface area (Å²) in [4.78, 5) is 36.1. The average molecular weight is 489 g/mol. The highest BCUT2D eigenvalue weighted by Gasteiger charge is 2.16. The number of hydrogen-bond acceptors (Lipinski definition) is 8. The molecule has 0 atom stereocenters. The van der Waals surface area contributed by atoms with Crippen molar-refractivity contribution in [2.45, 2.75) is 0 Å². The molecule has 0 saturated heterocycles. The van der Waals surface area contributed by atoms with Crippen LogP contribution in [-0.4, -0.2) is 37.2 Å². The molecule has 3 aromatic rings. The zero-order valence-corrected chi connectivity index (χ0v) is 19.3. The Morgan fingerprint density at radius 1 is 0.972 bits per heavy atom. The van der Waals surface area contributed by atoms with Crippen molar-refractivity contribution in [2.24, 2.45) is 5.10 Å². The van der Waals surface area contributed by atoms with E-state index < -0.39 is 22.5 Å². The van der Waals surface area contributed by atoms with Gasteiger partial charge in [-0.2, -0.15) is 5.10 Å². The number of methoxy groups -OCH3 is 2. The van der Waals surface area contributed by atoms with E-state index in [2.05, 4.69) is 15.8 Å². The van der Waals surface area contributed by atoms with Gasteiger partial charge in [0.25, 0.3) is 17.5 Å². The zero-order valence-electron chi connectivity index (χ0n) is 19.3. The van der Waals surface area contributed by atoms with Crippen LogP contribution in [0.4, 0.5) is 5.69 Å². The molecule has 0 fully saturated rings. The first-order valence-electron chi connectivity index (χ1n) is 10.4. The van der Waals surface area contributed by atoms with Gasteiger partial charge < -0.3 is 19.9 Å². The fourth-order valence-corrected chi connectivity index (χ4v) is 3.07. The molecular weight excluding hydrogens is 468 g/mol. The van der Waals surface area contributed by atoms with Crippen molar-refractivity contribution in [3.05, 3.63) is 99.2 Å². The molecule has 0 spiro atoms. The van der Waals surface area contributed by atoms with Crippen molar-refractivity contribution < 1.29 is 29.1 Å². The smallest absolute Gasteiger partial charge is 0.287 e. The average Bonchev–Trinajstić information content (AvgIpc) is 2.88. The zero-order chi connectivity index (χ0) is 26.1. The highest BCUT2D eigenvalue weighted by molar-refractivity contribution is 6.05. The maximum Gasteiger partial charge on any atom is 0.287 e. The number of hydrogen-bond donors (Lipinski definition) is 2. The van der Waals surface area contributed by atoms with E-state index in [4.69, 9.17) is 9.47 Å². The minimum absolute atomic E-state index is 0.0912. The molecule has 184 valence electrons. The van der Waals surface area contributed by atoms with Gasteiger partial charge in [-0.1, -0.05) is 36.4 Å². The Hall–Kier alpha value is -5.19. The molecule has 3 aromatic carbocycles. The maximum atomic E-state index is 12.9. The summed E-state index contributed by atoms with van der Waals surface area (Å²) in [5.74, 6) is -0.941. The number of nitrogens with zero attached hydrogens (tertiary/aromatic N) is 2. The molecule has 0 saturated carbocycles. The molecule has 0 bridgehead atoms. The fraction of sp³-hybridized carbons (Fsp3) is 0.0800. The second kappa shape index (κ2) is 11.8. The topological polar surface area (TPSA) is 155 Å². The lowest BCUT2D eigenvalue weighted by Gasteiger charge is -2.11. The van der Waals surface area contributed by atoms with Gasteiger partial charge in [-0.25, -0.2) is 5.43 Å². The van der Waals surface area contributed by atoms with Crippen molar-refractivity contribution in [1.82, 2.24) is 10.7 Å². The third kappa shape index (κ3) is 6.44. The first-order chi connectivity index (χ1) is 17.3. The molecular formula is C25H21N4O7-. The van der Waals surface area contributed by atoms with Crippen LogP contribution in [0.1, 0.15) is 21.5 Å². The quantitative estimate of drug-likeness (QED) is 0.203. The number of hydrazone groups is 1. The molecule has 2 N–H and O–H groups in total. The third-order valence-corrected chi connectivity index (χ3v) is 4.81. The second-order valence-corrected chi connectivity index (χ2v) is 7.17. The lowest BCUT2D eigenvalue weighted by molar-refractivity contribution is -0.385. The number of nitro benzene ring substituents is 1. The monoisotopic (exact) mass is 489 g/mol. The third-order valence-electron chi connectivity index (χ3n) is 4.81. The number of rotatable bonds is 9. The molecule has 2 amide bonds. The Labute approximate surface area is 205 Å². The molecule has 36 heavy (non-hydrogen) atoms. The summed E-state index contributed by atoms with van der Waals surface area (Å²) in [5.41, 5.74) is 2.42. The largest absolute Gasteiger partial charge is 0.872 e. The minimum Gasteiger partial charge on any atom is -0.872 e. The van der Waals surface area contributed by atoms with E-state index in [1.807, 2.05) is 0 Å². The molecule has 11 nitrogen and oxygen atoms in total. The van der Waals surface area contributed by atoms with Crippen molar-refractivity contribution in [3.63, 3.8) is 0 Å². The van der Waals surface area contributed by atoms with E-state index in [9.17, 15) is 24.8 Å². The Balaban J connectivity index is 1.90. The van der Waals surface area contributed by atoms with Gasteiger partial charge >= 0.3 is 0 Å². The first kappa shape index (κ1) is 25.4. The van der Waals surface area contributed by atoms with E-state index >= 15 is 0 Å². The Morgan fingerprint density at radius 2 is 1.69 bits per heavy atom. The van der Waals surface area contributed by atoms with Crippen molar-refractivity contribution >= 4 is 29.8 Å². The predicted octanol–water partition coefficient (Wildman–Crippen LogP) is 2.61. The Bertz CT molecular complexity index is 1340. The van der Waals surface area contributed by atoms with Gasteiger partial charge in [-0.15, -0.1) is 5.75 Å². The van der Waals surface area contributed by atoms with Crippen molar-refractivity contribution in [2.75, 3.05) is 14.2 Å². The minimum atomic E-state index is -0.814. The van der Waals surface area contributed by atoms with Crippen LogP contribution in [0.25, 0.3) is 6.08 Å². The predicted molar refractivity (Wildman–Crippen MR) is 130 cm³/mol. The van der Waals surface area contributed by atoms with Crippen LogP contribution in [0.2, 0.25) is 0 Å². The number of nitrogens with one attached hydrogen (secondary N) is 2. The number of nitro groups is 1. The van der Waals surface area contributed by atoms with Crippen molar-refractivity contribution in [1.29, 1.82) is 0 Å². The normalized spacial score (nSPS) is 11.1. The lowest BCUT2D eigenvalue weighted by Crippen LogP contribution is -2.32. The maximum absolute atomic E-state index is 12.9. The summed E-state index contributed by atoms with van der Waals surface area (Å²) in [7, 11) is 2.94. The summed E-state index contributed by atoms with van der Waals surface area (Å²) in [6.07, 6.45) is 2.37. The van der Waals surface area contributed by atoms with Gasteiger partial charge in [0, 0.05) is 11.6 Å². The standard InChI is InChI=1S/C25H22N4O7/c1-35-22-11-8-16(13-23(22)36-2)12-20(27-24(31)17-6-4-3-5-7-17)25(32)28-26-15-18-14-19(30)9-10-21(18)29(33)34/h3-15,30H,1-2H3,(H,27,31)(H,28,32)/p-1/b20-12-,26-15?. The molecule has 0 radical (unpaired) electrons. The molecule has 0 aliphatic rings. The number of benzene rings is 3. The summed E-state index contributed by atoms with van der Waals surface area (Å²) in [6.45, 7) is 0. The molecule has 0 aliphatic carbocycles. The van der Waals surface area contributed by atoms with E-state index in [-0.39, 0.29) is 16.9 Å². The summed E-state index contributed by atoms with van der Waals surface area (Å²) in [6, 6.07) is 16.3. The SMILES string of the molecule is COc1ccc(/C=C(\NC(=O)c2ccccc2)C(=O)NN=Cc2cc([O-])ccc2[N+](=O)[O-])cc1OC. The number of amides is 2. The van der Waals surface area contributed by atoms with E-state index in [0.29, 0.717) is 22.6 Å². The van der Waals surface area contributed by atoms with Crippen LogP contribution in [0.5, 0.6) is 17.2 Å². The van der Waals surface area contributed by atoms with Gasteiger partial charge in [0.05, 0.1) is 30.9 Å². The van der Waals surface area contributed by atoms with Gasteiger partial charge in [0.15, 0.2) is 11.5 Å². The van der Waals surface area contributed by atoms with Gasteiger partial charge in [0.2, 0.25) is 0 Å². The second-order valence-electron chi connectivity index (χ2n) is 7.17. The summed E-state index contributed by atoms with van der Waals surface area (Å²) >= 11 is 0. The first-order valence-corrected chi connectivity index (χ1v) is 10.4. The highest BCUT2D eigenvalue weighted by atomic mass is 16.6. The highest BCUT2D eigenvalue weighted by Crippen LogP contribution is 2.28.